The van der Waals surface area contributed by atoms with Crippen LogP contribution in [0.3, 0.4) is 0 Å². The van der Waals surface area contributed by atoms with Crippen molar-refractivity contribution in [2.75, 3.05) is 20.8 Å². The second-order valence-corrected chi connectivity index (χ2v) is 5.50. The lowest BCUT2D eigenvalue weighted by Gasteiger charge is -2.14. The molecule has 2 rings (SSSR count). The van der Waals surface area contributed by atoms with Gasteiger partial charge in [-0.3, -0.25) is 4.79 Å². The third-order valence-corrected chi connectivity index (χ3v) is 3.68. The van der Waals surface area contributed by atoms with Gasteiger partial charge in [0.1, 0.15) is 5.75 Å². The molecule has 0 aliphatic rings. The van der Waals surface area contributed by atoms with Crippen LogP contribution in [0, 0.1) is 11.3 Å². The van der Waals surface area contributed by atoms with Gasteiger partial charge in [-0.25, -0.2) is 4.79 Å². The van der Waals surface area contributed by atoms with Gasteiger partial charge in [0.25, 0.3) is 0 Å². The van der Waals surface area contributed by atoms with Crippen LogP contribution < -0.4 is 14.2 Å². The normalized spacial score (nSPS) is 11.0. The molecule has 0 spiro atoms. The fourth-order valence-electron chi connectivity index (χ4n) is 2.21. The summed E-state index contributed by atoms with van der Waals surface area (Å²) in [4.78, 5) is 24.3. The quantitative estimate of drug-likeness (QED) is 0.521. The van der Waals surface area contributed by atoms with Gasteiger partial charge in [0, 0.05) is 5.56 Å². The van der Waals surface area contributed by atoms with Crippen LogP contribution in [0.2, 0.25) is 0 Å². The first-order valence-electron chi connectivity index (χ1n) is 8.07. The number of carbonyl (C=O) groups excluding carboxylic acids is 2. The molecular formula is C20H19NO6. The van der Waals surface area contributed by atoms with Crippen LogP contribution in [0.15, 0.2) is 42.5 Å². The summed E-state index contributed by atoms with van der Waals surface area (Å²) < 4.78 is 20.7. The van der Waals surface area contributed by atoms with Crippen molar-refractivity contribution in [3.63, 3.8) is 0 Å². The number of methoxy groups -OCH3 is 2. The summed E-state index contributed by atoms with van der Waals surface area (Å²) >= 11 is 0. The number of ketones is 1. The molecule has 0 saturated heterocycles. The maximum Gasteiger partial charge on any atom is 0.347 e. The van der Waals surface area contributed by atoms with Crippen molar-refractivity contribution < 1.29 is 28.5 Å². The van der Waals surface area contributed by atoms with Crippen molar-refractivity contribution in [3.8, 4) is 23.3 Å². The molecule has 0 bridgehead atoms. The number of rotatable bonds is 8. The number of hydrogen-bond acceptors (Lipinski definition) is 7. The second kappa shape index (κ2) is 9.25. The zero-order valence-corrected chi connectivity index (χ0v) is 15.2. The fourth-order valence-corrected chi connectivity index (χ4v) is 2.21. The molecule has 0 aliphatic carbocycles. The van der Waals surface area contributed by atoms with Gasteiger partial charge in [-0.1, -0.05) is 0 Å². The van der Waals surface area contributed by atoms with E-state index in [9.17, 15) is 9.59 Å². The topological polar surface area (TPSA) is 94.9 Å². The molecular weight excluding hydrogens is 350 g/mol. The van der Waals surface area contributed by atoms with Crippen LogP contribution >= 0.6 is 0 Å². The van der Waals surface area contributed by atoms with Gasteiger partial charge in [-0.05, 0) is 49.4 Å². The summed E-state index contributed by atoms with van der Waals surface area (Å²) in [5.41, 5.74) is 0.819. The molecule has 27 heavy (non-hydrogen) atoms. The Balaban J connectivity index is 1.91. The first-order chi connectivity index (χ1) is 13.0. The average molecular weight is 369 g/mol. The van der Waals surface area contributed by atoms with Gasteiger partial charge in [0.2, 0.25) is 0 Å². The number of esters is 1. The Morgan fingerprint density at radius 2 is 1.70 bits per heavy atom. The second-order valence-electron chi connectivity index (χ2n) is 5.50. The average Bonchev–Trinajstić information content (AvgIpc) is 2.71. The van der Waals surface area contributed by atoms with E-state index in [0.717, 1.165) is 0 Å². The number of ether oxygens (including phenoxy) is 4. The highest BCUT2D eigenvalue weighted by Gasteiger charge is 2.19. The highest BCUT2D eigenvalue weighted by molar-refractivity contribution is 5.98. The number of nitrogens with zero attached hydrogens (tertiary/aromatic N) is 1. The summed E-state index contributed by atoms with van der Waals surface area (Å²) in [5, 5.41) is 8.77. The SMILES string of the molecule is COc1ccc(C(=O)COC(=O)[C@H](C)Oc2ccc(C#N)cc2)cc1OC. The predicted octanol–water partition coefficient (Wildman–Crippen LogP) is 2.77. The minimum absolute atomic E-state index is 0.334. The molecule has 0 aliphatic heterocycles. The summed E-state index contributed by atoms with van der Waals surface area (Å²) in [6.45, 7) is 1.09. The van der Waals surface area contributed by atoms with Gasteiger partial charge < -0.3 is 18.9 Å². The summed E-state index contributed by atoms with van der Waals surface area (Å²) in [5.74, 6) is 0.274. The first kappa shape index (κ1) is 19.8. The number of carbonyl (C=O) groups is 2. The number of Topliss-reactive ketones (excluding diaryl/α,β-unsaturated/α-hetero) is 1. The molecule has 0 radical (unpaired) electrons. The predicted molar refractivity (Wildman–Crippen MR) is 96.1 cm³/mol. The molecule has 140 valence electrons. The molecule has 2 aromatic rings. The highest BCUT2D eigenvalue weighted by atomic mass is 16.6. The molecule has 0 N–H and O–H groups in total. The third-order valence-electron chi connectivity index (χ3n) is 3.68. The van der Waals surface area contributed by atoms with E-state index in [-0.39, 0.29) is 5.78 Å². The van der Waals surface area contributed by atoms with E-state index in [0.29, 0.717) is 28.4 Å². The van der Waals surface area contributed by atoms with E-state index >= 15 is 0 Å². The van der Waals surface area contributed by atoms with E-state index in [1.54, 1.807) is 36.4 Å². The Labute approximate surface area is 157 Å². The van der Waals surface area contributed by atoms with Crippen molar-refractivity contribution in [1.29, 1.82) is 5.26 Å². The number of hydrogen-bond donors (Lipinski definition) is 0. The van der Waals surface area contributed by atoms with E-state index < -0.39 is 18.7 Å². The minimum atomic E-state index is -0.906. The molecule has 0 fully saturated rings. The maximum absolute atomic E-state index is 12.2. The van der Waals surface area contributed by atoms with Crippen LogP contribution in [-0.2, 0) is 9.53 Å². The molecule has 7 nitrogen and oxygen atoms in total. The molecule has 0 unspecified atom stereocenters. The van der Waals surface area contributed by atoms with Crippen molar-refractivity contribution in [1.82, 2.24) is 0 Å². The van der Waals surface area contributed by atoms with E-state index in [4.69, 9.17) is 24.2 Å². The Morgan fingerprint density at radius 1 is 1.04 bits per heavy atom. The van der Waals surface area contributed by atoms with Crippen molar-refractivity contribution in [3.05, 3.63) is 53.6 Å². The summed E-state index contributed by atoms with van der Waals surface area (Å²) in [6.07, 6.45) is -0.906. The standard InChI is InChI=1S/C20H19NO6/c1-13(27-16-7-4-14(11-21)5-8-16)20(23)26-12-17(22)15-6-9-18(24-2)19(10-15)25-3/h4-10,13H,12H2,1-3H3/t13-/m0/s1. The smallest absolute Gasteiger partial charge is 0.347 e. The van der Waals surface area contributed by atoms with E-state index in [1.807, 2.05) is 6.07 Å². The fraction of sp³-hybridized carbons (Fsp3) is 0.250. The van der Waals surface area contributed by atoms with Gasteiger partial charge >= 0.3 is 5.97 Å². The van der Waals surface area contributed by atoms with Gasteiger partial charge in [-0.15, -0.1) is 0 Å². The molecule has 1 atom stereocenters. The van der Waals surface area contributed by atoms with E-state index in [2.05, 4.69) is 0 Å². The Morgan fingerprint density at radius 3 is 2.30 bits per heavy atom. The molecule has 0 amide bonds. The van der Waals surface area contributed by atoms with Gasteiger partial charge in [-0.2, -0.15) is 5.26 Å². The van der Waals surface area contributed by atoms with Crippen molar-refractivity contribution >= 4 is 11.8 Å². The minimum Gasteiger partial charge on any atom is -0.493 e. The zero-order valence-electron chi connectivity index (χ0n) is 15.2. The van der Waals surface area contributed by atoms with Crippen LogP contribution in [0.5, 0.6) is 17.2 Å². The number of nitriles is 1. The van der Waals surface area contributed by atoms with Crippen LogP contribution in [0.25, 0.3) is 0 Å². The lowest BCUT2D eigenvalue weighted by molar-refractivity contribution is -0.149. The Kier molecular flexibility index (Phi) is 6.78. The molecule has 0 saturated carbocycles. The largest absolute Gasteiger partial charge is 0.493 e. The lowest BCUT2D eigenvalue weighted by Crippen LogP contribution is -2.28. The molecule has 7 heteroatoms. The summed E-state index contributed by atoms with van der Waals surface area (Å²) in [7, 11) is 2.96. The highest BCUT2D eigenvalue weighted by Crippen LogP contribution is 2.27. The van der Waals surface area contributed by atoms with Gasteiger partial charge in [0.15, 0.2) is 30.0 Å². The van der Waals surface area contributed by atoms with Crippen molar-refractivity contribution in [2.24, 2.45) is 0 Å². The molecule has 2 aromatic carbocycles. The Bertz CT molecular complexity index is 854. The maximum atomic E-state index is 12.2. The van der Waals surface area contributed by atoms with Crippen molar-refractivity contribution in [2.45, 2.75) is 13.0 Å². The van der Waals surface area contributed by atoms with Gasteiger partial charge in [0.05, 0.1) is 25.9 Å². The molecule has 0 aromatic heterocycles. The van der Waals surface area contributed by atoms with Crippen LogP contribution in [-0.4, -0.2) is 38.7 Å². The van der Waals surface area contributed by atoms with Crippen LogP contribution in [0.4, 0.5) is 0 Å². The lowest BCUT2D eigenvalue weighted by atomic mass is 10.1. The Hall–Kier alpha value is -3.53. The third kappa shape index (κ3) is 5.22. The zero-order chi connectivity index (χ0) is 19.8. The number of benzene rings is 2. The van der Waals surface area contributed by atoms with E-state index in [1.165, 1.54) is 27.2 Å². The van der Waals surface area contributed by atoms with Crippen LogP contribution in [0.1, 0.15) is 22.8 Å². The molecule has 0 heterocycles. The monoisotopic (exact) mass is 369 g/mol. The summed E-state index contributed by atoms with van der Waals surface area (Å²) in [6, 6.07) is 13.0. The first-order valence-corrected chi connectivity index (χ1v) is 8.07.